The molecular formula is C20H26N4O. The van der Waals surface area contributed by atoms with Crippen molar-refractivity contribution in [2.45, 2.75) is 44.6 Å². The predicted octanol–water partition coefficient (Wildman–Crippen LogP) is 2.95. The summed E-state index contributed by atoms with van der Waals surface area (Å²) in [5.41, 5.74) is 8.92. The molecule has 2 aromatic rings. The molecule has 4 rings (SSSR count). The van der Waals surface area contributed by atoms with Crippen molar-refractivity contribution in [1.82, 2.24) is 14.7 Å². The van der Waals surface area contributed by atoms with E-state index in [0.29, 0.717) is 11.8 Å². The Morgan fingerprint density at radius 1 is 1.16 bits per heavy atom. The number of carbonyl (C=O) groups is 1. The van der Waals surface area contributed by atoms with E-state index in [9.17, 15) is 4.79 Å². The van der Waals surface area contributed by atoms with E-state index in [4.69, 9.17) is 5.73 Å². The topological polar surface area (TPSA) is 64.2 Å². The zero-order valence-corrected chi connectivity index (χ0v) is 14.8. The number of likely N-dealkylation sites (tertiary alicyclic amines) is 1. The van der Waals surface area contributed by atoms with Crippen molar-refractivity contribution in [3.05, 3.63) is 47.8 Å². The molecule has 1 saturated heterocycles. The van der Waals surface area contributed by atoms with Crippen LogP contribution in [0.2, 0.25) is 0 Å². The van der Waals surface area contributed by atoms with Crippen molar-refractivity contribution in [1.29, 1.82) is 0 Å². The maximum absolute atomic E-state index is 13.1. The second kappa shape index (κ2) is 6.64. The normalized spacial score (nSPS) is 19.8. The van der Waals surface area contributed by atoms with Crippen LogP contribution in [-0.2, 0) is 0 Å². The van der Waals surface area contributed by atoms with Crippen LogP contribution in [0.1, 0.15) is 54.6 Å². The molecule has 25 heavy (non-hydrogen) atoms. The molecule has 1 aromatic carbocycles. The number of piperidine rings is 1. The summed E-state index contributed by atoms with van der Waals surface area (Å²) < 4.78 is 1.96. The molecule has 1 unspecified atom stereocenters. The molecule has 0 bridgehead atoms. The minimum atomic E-state index is 0.132. The van der Waals surface area contributed by atoms with Crippen LogP contribution < -0.4 is 5.73 Å². The molecule has 5 nitrogen and oxygen atoms in total. The molecule has 2 aliphatic rings. The van der Waals surface area contributed by atoms with Crippen molar-refractivity contribution in [3.63, 3.8) is 0 Å². The number of amides is 1. The Labute approximate surface area is 148 Å². The molecule has 132 valence electrons. The van der Waals surface area contributed by atoms with Gasteiger partial charge in [-0.2, -0.15) is 5.10 Å². The minimum Gasteiger partial charge on any atom is -0.339 e. The van der Waals surface area contributed by atoms with E-state index < -0.39 is 0 Å². The lowest BCUT2D eigenvalue weighted by Crippen LogP contribution is -2.42. The van der Waals surface area contributed by atoms with E-state index in [2.05, 4.69) is 12.0 Å². The monoisotopic (exact) mass is 338 g/mol. The number of nitrogens with zero attached hydrogens (tertiary/aromatic N) is 3. The number of aromatic nitrogens is 2. The first-order valence-corrected chi connectivity index (χ1v) is 9.33. The molecule has 1 aliphatic heterocycles. The Morgan fingerprint density at radius 2 is 1.84 bits per heavy atom. The maximum Gasteiger partial charge on any atom is 0.257 e. The van der Waals surface area contributed by atoms with Gasteiger partial charge in [-0.15, -0.1) is 0 Å². The molecule has 0 spiro atoms. The molecule has 0 radical (unpaired) electrons. The predicted molar refractivity (Wildman–Crippen MR) is 97.8 cm³/mol. The number of hydrogen-bond acceptors (Lipinski definition) is 3. The lowest BCUT2D eigenvalue weighted by atomic mass is 9.90. The van der Waals surface area contributed by atoms with Gasteiger partial charge in [0.25, 0.3) is 5.91 Å². The highest BCUT2D eigenvalue weighted by molar-refractivity contribution is 5.95. The molecule has 5 heteroatoms. The Balaban J connectivity index is 1.59. The van der Waals surface area contributed by atoms with Crippen molar-refractivity contribution in [3.8, 4) is 5.69 Å². The number of hydrogen-bond donors (Lipinski definition) is 1. The summed E-state index contributed by atoms with van der Waals surface area (Å²) in [4.78, 5) is 15.1. The highest BCUT2D eigenvalue weighted by atomic mass is 16.2. The fourth-order valence-corrected chi connectivity index (χ4v) is 3.85. The average Bonchev–Trinajstić information content (AvgIpc) is 3.40. The Bertz CT molecular complexity index is 740. The van der Waals surface area contributed by atoms with Crippen LogP contribution in [0.5, 0.6) is 0 Å². The molecule has 1 atom stereocenters. The van der Waals surface area contributed by atoms with Crippen molar-refractivity contribution in [2.24, 2.45) is 11.7 Å². The largest absolute Gasteiger partial charge is 0.339 e. The first kappa shape index (κ1) is 16.3. The molecule has 1 saturated carbocycles. The lowest BCUT2D eigenvalue weighted by molar-refractivity contribution is 0.0679. The molecule has 1 amide bonds. The summed E-state index contributed by atoms with van der Waals surface area (Å²) in [5.74, 6) is 1.12. The SMILES string of the molecule is CC(N)C1CCN(C(=O)c2cnn(-c3ccccc3)c2C2CC2)CC1. The van der Waals surface area contributed by atoms with E-state index in [0.717, 1.165) is 55.7 Å². The Kier molecular flexibility index (Phi) is 4.34. The van der Waals surface area contributed by atoms with E-state index in [1.807, 2.05) is 39.9 Å². The molecule has 2 fully saturated rings. The van der Waals surface area contributed by atoms with Gasteiger partial charge in [-0.25, -0.2) is 4.68 Å². The third-order valence-corrected chi connectivity index (χ3v) is 5.57. The van der Waals surface area contributed by atoms with Crippen molar-refractivity contribution >= 4 is 5.91 Å². The van der Waals surface area contributed by atoms with E-state index in [-0.39, 0.29) is 11.9 Å². The third-order valence-electron chi connectivity index (χ3n) is 5.57. The number of carbonyl (C=O) groups excluding carboxylic acids is 1. The average molecular weight is 338 g/mol. The minimum absolute atomic E-state index is 0.132. The molecule has 1 aromatic heterocycles. The van der Waals surface area contributed by atoms with Crippen LogP contribution in [0.3, 0.4) is 0 Å². The maximum atomic E-state index is 13.1. The standard InChI is InChI=1S/C20H26N4O/c1-14(21)15-9-11-23(12-10-15)20(25)18-13-22-24(19(18)16-7-8-16)17-5-3-2-4-6-17/h2-6,13-16H,7-12,21H2,1H3. The summed E-state index contributed by atoms with van der Waals surface area (Å²) in [6, 6.07) is 10.3. The van der Waals surface area contributed by atoms with Gasteiger partial charge in [0.15, 0.2) is 0 Å². The third kappa shape index (κ3) is 3.21. The molecule has 2 heterocycles. The zero-order valence-electron chi connectivity index (χ0n) is 14.8. The molecule has 2 N–H and O–H groups in total. The van der Waals surface area contributed by atoms with E-state index in [1.165, 1.54) is 0 Å². The smallest absolute Gasteiger partial charge is 0.257 e. The number of benzene rings is 1. The Morgan fingerprint density at radius 3 is 2.44 bits per heavy atom. The van der Waals surface area contributed by atoms with Crippen molar-refractivity contribution in [2.75, 3.05) is 13.1 Å². The van der Waals surface area contributed by atoms with Gasteiger partial charge in [0.2, 0.25) is 0 Å². The first-order valence-electron chi connectivity index (χ1n) is 9.33. The second-order valence-corrected chi connectivity index (χ2v) is 7.45. The second-order valence-electron chi connectivity index (χ2n) is 7.45. The number of nitrogens with two attached hydrogens (primary N) is 1. The molecular weight excluding hydrogens is 312 g/mol. The highest BCUT2D eigenvalue weighted by Crippen LogP contribution is 2.42. The van der Waals surface area contributed by atoms with Gasteiger partial charge in [-0.1, -0.05) is 18.2 Å². The summed E-state index contributed by atoms with van der Waals surface area (Å²) in [5, 5.41) is 4.56. The van der Waals surface area contributed by atoms with Crippen LogP contribution >= 0.6 is 0 Å². The van der Waals surface area contributed by atoms with Gasteiger partial charge < -0.3 is 10.6 Å². The summed E-state index contributed by atoms with van der Waals surface area (Å²) in [6.45, 7) is 3.66. The van der Waals surface area contributed by atoms with Gasteiger partial charge in [-0.05, 0) is 50.7 Å². The number of para-hydroxylation sites is 1. The van der Waals surface area contributed by atoms with Gasteiger partial charge in [0, 0.05) is 25.0 Å². The lowest BCUT2D eigenvalue weighted by Gasteiger charge is -2.33. The summed E-state index contributed by atoms with van der Waals surface area (Å²) in [6.07, 6.45) is 6.04. The van der Waals surface area contributed by atoms with Gasteiger partial charge >= 0.3 is 0 Å². The van der Waals surface area contributed by atoms with E-state index in [1.54, 1.807) is 6.20 Å². The molecule has 1 aliphatic carbocycles. The van der Waals surface area contributed by atoms with Crippen LogP contribution in [0.4, 0.5) is 0 Å². The summed E-state index contributed by atoms with van der Waals surface area (Å²) in [7, 11) is 0. The van der Waals surface area contributed by atoms with Crippen LogP contribution in [0.25, 0.3) is 5.69 Å². The van der Waals surface area contributed by atoms with Gasteiger partial charge in [0.05, 0.1) is 23.1 Å². The van der Waals surface area contributed by atoms with Gasteiger partial charge in [0.1, 0.15) is 0 Å². The van der Waals surface area contributed by atoms with E-state index >= 15 is 0 Å². The fourth-order valence-electron chi connectivity index (χ4n) is 3.85. The summed E-state index contributed by atoms with van der Waals surface area (Å²) >= 11 is 0. The number of rotatable bonds is 4. The Hall–Kier alpha value is -2.14. The van der Waals surface area contributed by atoms with Crippen molar-refractivity contribution < 1.29 is 4.79 Å². The van der Waals surface area contributed by atoms with Crippen LogP contribution in [0.15, 0.2) is 36.5 Å². The van der Waals surface area contributed by atoms with Gasteiger partial charge in [-0.3, -0.25) is 4.79 Å². The quantitative estimate of drug-likeness (QED) is 0.932. The van der Waals surface area contributed by atoms with Crippen LogP contribution in [-0.4, -0.2) is 39.7 Å². The highest BCUT2D eigenvalue weighted by Gasteiger charge is 2.35. The zero-order chi connectivity index (χ0) is 17.4. The first-order chi connectivity index (χ1) is 12.1. The fraction of sp³-hybridized carbons (Fsp3) is 0.500. The van der Waals surface area contributed by atoms with Crippen LogP contribution in [0, 0.1) is 5.92 Å².